The van der Waals surface area contributed by atoms with Crippen LogP contribution in [0.5, 0.6) is 0 Å². The van der Waals surface area contributed by atoms with Gasteiger partial charge in [0.1, 0.15) is 0 Å². The zero-order valence-electron chi connectivity index (χ0n) is 15.4. The van der Waals surface area contributed by atoms with Crippen molar-refractivity contribution in [2.24, 2.45) is 0 Å². The highest BCUT2D eigenvalue weighted by Crippen LogP contribution is 2.31. The molecule has 0 fully saturated rings. The molecule has 1 heterocycles. The Morgan fingerprint density at radius 1 is 1.14 bits per heavy atom. The molecule has 0 saturated carbocycles. The molecule has 2 amide bonds. The Kier molecular flexibility index (Phi) is 5.87. The van der Waals surface area contributed by atoms with E-state index in [0.717, 1.165) is 11.1 Å². The quantitative estimate of drug-likeness (QED) is 0.843. The van der Waals surface area contributed by atoms with Crippen molar-refractivity contribution < 1.29 is 22.8 Å². The lowest BCUT2D eigenvalue weighted by Gasteiger charge is -2.30. The predicted octanol–water partition coefficient (Wildman–Crippen LogP) is 3.97. The van der Waals surface area contributed by atoms with Gasteiger partial charge in [-0.25, -0.2) is 0 Å². The summed E-state index contributed by atoms with van der Waals surface area (Å²) < 4.78 is 37.3. The lowest BCUT2D eigenvalue weighted by molar-refractivity contribution is -0.167. The molecule has 3 rings (SSSR count). The topological polar surface area (TPSA) is 73.2 Å². The van der Waals surface area contributed by atoms with Crippen LogP contribution in [0.25, 0.3) is 0 Å². The van der Waals surface area contributed by atoms with Crippen LogP contribution in [0.15, 0.2) is 42.5 Å². The minimum atomic E-state index is -4.96. The van der Waals surface area contributed by atoms with Crippen molar-refractivity contribution >= 4 is 23.2 Å². The van der Waals surface area contributed by atoms with Crippen LogP contribution in [-0.2, 0) is 22.4 Å². The molecule has 29 heavy (non-hydrogen) atoms. The van der Waals surface area contributed by atoms with Gasteiger partial charge in [-0.15, -0.1) is 0 Å². The number of aryl methyl sites for hydroxylation is 2. The second kappa shape index (κ2) is 8.35. The average molecular weight is 401 g/mol. The summed E-state index contributed by atoms with van der Waals surface area (Å²) in [5.41, 5.74) is 2.94. The van der Waals surface area contributed by atoms with Crippen LogP contribution in [0.3, 0.4) is 0 Å². The molecule has 8 heteroatoms. The van der Waals surface area contributed by atoms with Crippen LogP contribution in [0, 0.1) is 11.3 Å². The smallest absolute Gasteiger partial charge is 0.318 e. The van der Waals surface area contributed by atoms with Gasteiger partial charge in [-0.2, -0.15) is 18.4 Å². The van der Waals surface area contributed by atoms with Gasteiger partial charge in [0.05, 0.1) is 11.6 Å². The van der Waals surface area contributed by atoms with Crippen molar-refractivity contribution in [2.75, 3.05) is 16.8 Å². The first kappa shape index (κ1) is 20.4. The Labute approximate surface area is 165 Å². The van der Waals surface area contributed by atoms with Crippen LogP contribution in [0.4, 0.5) is 24.5 Å². The highest BCUT2D eigenvalue weighted by molar-refractivity contribution is 5.97. The molecule has 0 aromatic heterocycles. The third-order valence-electron chi connectivity index (χ3n) is 4.73. The minimum Gasteiger partial charge on any atom is -0.318 e. The number of nitriles is 1. The average Bonchev–Trinajstić information content (AvgIpc) is 2.71. The lowest BCUT2D eigenvalue weighted by atomic mass is 9.99. The van der Waals surface area contributed by atoms with E-state index in [-0.39, 0.29) is 18.0 Å². The Morgan fingerprint density at radius 2 is 1.86 bits per heavy atom. The van der Waals surface area contributed by atoms with Crippen molar-refractivity contribution in [3.8, 4) is 6.07 Å². The largest absolute Gasteiger partial charge is 0.471 e. The van der Waals surface area contributed by atoms with Crippen LogP contribution in [0.2, 0.25) is 0 Å². The maximum absolute atomic E-state index is 12.7. The van der Waals surface area contributed by atoms with Gasteiger partial charge >= 0.3 is 12.1 Å². The molecule has 0 saturated heterocycles. The molecule has 2 aromatic carbocycles. The summed E-state index contributed by atoms with van der Waals surface area (Å²) in [7, 11) is 0. The molecule has 150 valence electrons. The Morgan fingerprint density at radius 3 is 2.52 bits per heavy atom. The van der Waals surface area contributed by atoms with E-state index in [0.29, 0.717) is 37.1 Å². The first-order valence-corrected chi connectivity index (χ1v) is 9.08. The highest BCUT2D eigenvalue weighted by Gasteiger charge is 2.38. The van der Waals surface area contributed by atoms with Gasteiger partial charge in [0, 0.05) is 24.3 Å². The molecule has 0 spiro atoms. The molecular weight excluding hydrogens is 383 g/mol. The summed E-state index contributed by atoms with van der Waals surface area (Å²) in [6.45, 7) is 0.535. The normalized spacial score (nSPS) is 13.4. The first-order valence-electron chi connectivity index (χ1n) is 9.08. The SMILES string of the molecule is N#Cc1ccc(CCC(=O)N2CCCc3cc(NC(=O)C(F)(F)F)ccc32)cc1. The van der Waals surface area contributed by atoms with Gasteiger partial charge in [0.15, 0.2) is 0 Å². The van der Waals surface area contributed by atoms with E-state index in [4.69, 9.17) is 5.26 Å². The fraction of sp³-hybridized carbons (Fsp3) is 0.286. The van der Waals surface area contributed by atoms with Crippen LogP contribution in [-0.4, -0.2) is 24.5 Å². The number of anilines is 2. The zero-order valence-corrected chi connectivity index (χ0v) is 15.4. The van der Waals surface area contributed by atoms with E-state index in [9.17, 15) is 22.8 Å². The number of benzene rings is 2. The van der Waals surface area contributed by atoms with Crippen LogP contribution >= 0.6 is 0 Å². The molecule has 2 aromatic rings. The van der Waals surface area contributed by atoms with Crippen molar-refractivity contribution in [1.29, 1.82) is 5.26 Å². The molecule has 1 aliphatic rings. The summed E-state index contributed by atoms with van der Waals surface area (Å²) in [5, 5.41) is 10.7. The van der Waals surface area contributed by atoms with Gasteiger partial charge in [-0.3, -0.25) is 9.59 Å². The number of nitrogens with one attached hydrogen (secondary N) is 1. The third kappa shape index (κ3) is 4.93. The second-order valence-electron chi connectivity index (χ2n) is 6.75. The summed E-state index contributed by atoms with van der Waals surface area (Å²) in [5.74, 6) is -2.11. The fourth-order valence-electron chi connectivity index (χ4n) is 3.27. The van der Waals surface area contributed by atoms with E-state index >= 15 is 0 Å². The molecule has 0 bridgehead atoms. The fourth-order valence-corrected chi connectivity index (χ4v) is 3.27. The van der Waals surface area contributed by atoms with E-state index in [2.05, 4.69) is 0 Å². The maximum atomic E-state index is 12.7. The highest BCUT2D eigenvalue weighted by atomic mass is 19.4. The number of fused-ring (bicyclic) bond motifs is 1. The second-order valence-corrected chi connectivity index (χ2v) is 6.75. The van der Waals surface area contributed by atoms with Crippen LogP contribution in [0.1, 0.15) is 29.5 Å². The van der Waals surface area contributed by atoms with E-state index < -0.39 is 12.1 Å². The molecular formula is C21H18F3N3O2. The van der Waals surface area contributed by atoms with E-state index in [1.54, 1.807) is 23.1 Å². The van der Waals surface area contributed by atoms with Crippen molar-refractivity contribution in [3.05, 3.63) is 59.2 Å². The first-order chi connectivity index (χ1) is 13.8. The van der Waals surface area contributed by atoms with Gasteiger partial charge in [0.25, 0.3) is 0 Å². The molecule has 0 atom stereocenters. The number of amides is 2. The lowest BCUT2D eigenvalue weighted by Crippen LogP contribution is -2.35. The van der Waals surface area contributed by atoms with Gasteiger partial charge in [-0.1, -0.05) is 12.1 Å². The summed E-state index contributed by atoms with van der Waals surface area (Å²) in [6, 6.07) is 13.5. The van der Waals surface area contributed by atoms with Crippen molar-refractivity contribution in [2.45, 2.75) is 31.9 Å². The van der Waals surface area contributed by atoms with E-state index in [1.807, 2.05) is 23.5 Å². The monoisotopic (exact) mass is 401 g/mol. The van der Waals surface area contributed by atoms with Crippen molar-refractivity contribution in [3.63, 3.8) is 0 Å². The number of hydrogen-bond acceptors (Lipinski definition) is 3. The molecule has 1 aliphatic heterocycles. The summed E-state index contributed by atoms with van der Waals surface area (Å²) in [6.07, 6.45) is -2.85. The van der Waals surface area contributed by atoms with Gasteiger partial charge in [0.2, 0.25) is 5.91 Å². The number of hydrogen-bond donors (Lipinski definition) is 1. The molecule has 0 unspecified atom stereocenters. The Bertz CT molecular complexity index is 963. The predicted molar refractivity (Wildman–Crippen MR) is 101 cm³/mol. The number of carbonyl (C=O) groups excluding carboxylic acids is 2. The number of rotatable bonds is 4. The zero-order chi connectivity index (χ0) is 21.0. The number of nitrogens with zero attached hydrogens (tertiary/aromatic N) is 2. The minimum absolute atomic E-state index is 0.0537. The molecule has 0 aliphatic carbocycles. The Balaban J connectivity index is 1.68. The number of halogens is 3. The summed E-state index contributed by atoms with van der Waals surface area (Å²) >= 11 is 0. The molecule has 5 nitrogen and oxygen atoms in total. The third-order valence-corrected chi connectivity index (χ3v) is 4.73. The maximum Gasteiger partial charge on any atom is 0.471 e. The van der Waals surface area contributed by atoms with Gasteiger partial charge in [-0.05, 0) is 60.7 Å². The van der Waals surface area contributed by atoms with E-state index in [1.165, 1.54) is 12.1 Å². The summed E-state index contributed by atoms with van der Waals surface area (Å²) in [4.78, 5) is 25.5. The molecule has 0 radical (unpaired) electrons. The van der Waals surface area contributed by atoms with Crippen molar-refractivity contribution in [1.82, 2.24) is 0 Å². The number of carbonyl (C=O) groups is 2. The number of alkyl halides is 3. The standard InChI is InChI=1S/C21H18F3N3O2/c22-21(23,24)20(29)26-17-8-9-18-16(12-17)2-1-11-27(18)19(28)10-7-14-3-5-15(13-25)6-4-14/h3-6,8-9,12H,1-2,7,10-11H2,(H,26,29). The molecule has 1 N–H and O–H groups in total. The van der Waals surface area contributed by atoms with Crippen LogP contribution < -0.4 is 10.2 Å². The van der Waals surface area contributed by atoms with Gasteiger partial charge < -0.3 is 10.2 Å². The Hall–Kier alpha value is -3.34.